The number of carbonyl (C=O) groups is 1. The second-order valence-corrected chi connectivity index (χ2v) is 11.7. The molecule has 1 aromatic heterocycles. The van der Waals surface area contributed by atoms with Gasteiger partial charge in [-0.15, -0.1) is 0 Å². The normalized spacial score (nSPS) is 32.7. The van der Waals surface area contributed by atoms with Crippen molar-refractivity contribution in [1.82, 2.24) is 15.3 Å². The van der Waals surface area contributed by atoms with Crippen molar-refractivity contribution in [3.8, 4) is 0 Å². The molecule has 3 aliphatic carbocycles. The van der Waals surface area contributed by atoms with Gasteiger partial charge in [-0.1, -0.05) is 13.8 Å². The predicted molar refractivity (Wildman–Crippen MR) is 133 cm³/mol. The largest absolute Gasteiger partial charge is 0.393 e. The highest BCUT2D eigenvalue weighted by atomic mass is 16.3. The highest BCUT2D eigenvalue weighted by Crippen LogP contribution is 2.49. The van der Waals surface area contributed by atoms with E-state index in [1.54, 1.807) is 12.4 Å². The van der Waals surface area contributed by atoms with Crippen molar-refractivity contribution in [2.75, 3.05) is 0 Å². The molecule has 8 unspecified atom stereocenters. The van der Waals surface area contributed by atoms with Crippen molar-refractivity contribution in [2.45, 2.75) is 109 Å². The topological polar surface area (TPSA) is 95.3 Å². The summed E-state index contributed by atoms with van der Waals surface area (Å²) in [5.41, 5.74) is 0. The number of rotatable bonds is 13. The Hall–Kier alpha value is -1.53. The van der Waals surface area contributed by atoms with E-state index in [1.807, 2.05) is 6.07 Å². The van der Waals surface area contributed by atoms with Gasteiger partial charge in [0.05, 0.1) is 12.2 Å². The third-order valence-electron chi connectivity index (χ3n) is 8.90. The SMILES string of the molecule is CC(CCc1ncccn1)CC(C)C1C(O)CC(O)C1CC1CCC1CCCC(=O)NC1CC1. The lowest BCUT2D eigenvalue weighted by atomic mass is 9.65. The van der Waals surface area contributed by atoms with Gasteiger partial charge in [-0.25, -0.2) is 9.97 Å². The van der Waals surface area contributed by atoms with Gasteiger partial charge < -0.3 is 15.5 Å². The number of aliphatic hydroxyl groups is 2. The van der Waals surface area contributed by atoms with Crippen LogP contribution in [0.2, 0.25) is 0 Å². The maximum absolute atomic E-state index is 12.0. The van der Waals surface area contributed by atoms with Gasteiger partial charge in [-0.2, -0.15) is 0 Å². The van der Waals surface area contributed by atoms with Crippen LogP contribution < -0.4 is 5.32 Å². The second kappa shape index (κ2) is 11.9. The Bertz CT molecular complexity index is 771. The number of hydrogen-bond donors (Lipinski definition) is 3. The highest BCUT2D eigenvalue weighted by Gasteiger charge is 2.46. The van der Waals surface area contributed by atoms with Crippen LogP contribution in [0.1, 0.15) is 90.3 Å². The fourth-order valence-corrected chi connectivity index (χ4v) is 6.71. The molecule has 190 valence electrons. The van der Waals surface area contributed by atoms with Crippen molar-refractivity contribution in [3.05, 3.63) is 24.3 Å². The molecule has 0 saturated heterocycles. The molecular weight excluding hydrogens is 426 g/mol. The number of nitrogens with zero attached hydrogens (tertiary/aromatic N) is 2. The average Bonchev–Trinajstić information content (AvgIpc) is 3.56. The fourth-order valence-electron chi connectivity index (χ4n) is 6.71. The summed E-state index contributed by atoms with van der Waals surface area (Å²) in [4.78, 5) is 20.6. The average molecular weight is 472 g/mol. The van der Waals surface area contributed by atoms with Crippen LogP contribution in [0.15, 0.2) is 18.5 Å². The summed E-state index contributed by atoms with van der Waals surface area (Å²) in [5, 5.41) is 24.8. The molecule has 3 fully saturated rings. The minimum absolute atomic E-state index is 0.177. The standard InChI is InChI=1S/C28H45N3O3/c1-18(7-12-26-29-13-4-14-30-26)15-19(2)28-23(24(32)17-25(28)33)16-21-9-8-20(21)5-3-6-27(34)31-22-10-11-22/h4,13-14,18-25,28,32-33H,3,5-12,15-17H2,1-2H3,(H,31,34). The van der Waals surface area contributed by atoms with E-state index in [0.29, 0.717) is 42.6 Å². The van der Waals surface area contributed by atoms with Crippen molar-refractivity contribution in [3.63, 3.8) is 0 Å². The Kier molecular flexibility index (Phi) is 8.97. The van der Waals surface area contributed by atoms with Crippen LogP contribution in [0.5, 0.6) is 0 Å². The maximum Gasteiger partial charge on any atom is 0.220 e. The van der Waals surface area contributed by atoms with E-state index in [2.05, 4.69) is 29.1 Å². The van der Waals surface area contributed by atoms with Crippen molar-refractivity contribution in [2.24, 2.45) is 35.5 Å². The first kappa shape index (κ1) is 25.6. The van der Waals surface area contributed by atoms with Crippen LogP contribution in [0, 0.1) is 35.5 Å². The van der Waals surface area contributed by atoms with Crippen LogP contribution in [-0.4, -0.2) is 44.3 Å². The zero-order chi connectivity index (χ0) is 24.1. The van der Waals surface area contributed by atoms with E-state index in [0.717, 1.165) is 57.2 Å². The number of aryl methyl sites for hydroxylation is 1. The van der Waals surface area contributed by atoms with Crippen LogP contribution in [0.4, 0.5) is 0 Å². The van der Waals surface area contributed by atoms with Crippen LogP contribution in [0.25, 0.3) is 0 Å². The van der Waals surface area contributed by atoms with Crippen molar-refractivity contribution in [1.29, 1.82) is 0 Å². The molecule has 3 saturated carbocycles. The molecule has 4 rings (SSSR count). The molecule has 0 radical (unpaired) electrons. The van der Waals surface area contributed by atoms with Gasteiger partial charge in [0.1, 0.15) is 5.82 Å². The molecule has 0 bridgehead atoms. The quantitative estimate of drug-likeness (QED) is 0.399. The maximum atomic E-state index is 12.0. The summed E-state index contributed by atoms with van der Waals surface area (Å²) in [6, 6.07) is 2.30. The van der Waals surface area contributed by atoms with Gasteiger partial charge in [0, 0.05) is 31.3 Å². The summed E-state index contributed by atoms with van der Waals surface area (Å²) in [5.74, 6) is 3.72. The van der Waals surface area contributed by atoms with Crippen LogP contribution in [0.3, 0.4) is 0 Å². The van der Waals surface area contributed by atoms with Gasteiger partial charge in [-0.05, 0) is 106 Å². The minimum Gasteiger partial charge on any atom is -0.393 e. The van der Waals surface area contributed by atoms with E-state index in [9.17, 15) is 15.0 Å². The molecule has 8 atom stereocenters. The number of carbonyl (C=O) groups excluding carboxylic acids is 1. The Balaban J connectivity index is 1.22. The third-order valence-corrected chi connectivity index (χ3v) is 8.90. The van der Waals surface area contributed by atoms with Gasteiger partial charge in [0.2, 0.25) is 5.91 Å². The third kappa shape index (κ3) is 7.00. The molecule has 6 heteroatoms. The minimum atomic E-state index is -0.399. The highest BCUT2D eigenvalue weighted by molar-refractivity contribution is 5.76. The Labute approximate surface area is 205 Å². The number of hydrogen-bond acceptors (Lipinski definition) is 5. The predicted octanol–water partition coefficient (Wildman–Crippen LogP) is 4.29. The molecule has 0 aromatic carbocycles. The number of aromatic nitrogens is 2. The van der Waals surface area contributed by atoms with Gasteiger partial charge in [0.15, 0.2) is 0 Å². The second-order valence-electron chi connectivity index (χ2n) is 11.7. The molecule has 0 aliphatic heterocycles. The van der Waals surface area contributed by atoms with Crippen molar-refractivity contribution < 1.29 is 15.0 Å². The first-order valence-corrected chi connectivity index (χ1v) is 13.8. The summed E-state index contributed by atoms with van der Waals surface area (Å²) in [6.45, 7) is 4.55. The van der Waals surface area contributed by atoms with Gasteiger partial charge in [0.25, 0.3) is 0 Å². The molecule has 34 heavy (non-hydrogen) atoms. The Morgan fingerprint density at radius 2 is 1.82 bits per heavy atom. The lowest BCUT2D eigenvalue weighted by Crippen LogP contribution is -2.35. The van der Waals surface area contributed by atoms with Gasteiger partial charge >= 0.3 is 0 Å². The zero-order valence-corrected chi connectivity index (χ0v) is 21.1. The lowest BCUT2D eigenvalue weighted by Gasteiger charge is -2.41. The summed E-state index contributed by atoms with van der Waals surface area (Å²) in [7, 11) is 0. The molecule has 3 N–H and O–H groups in total. The first-order chi connectivity index (χ1) is 16.4. The Morgan fingerprint density at radius 1 is 1.09 bits per heavy atom. The monoisotopic (exact) mass is 471 g/mol. The van der Waals surface area contributed by atoms with E-state index in [-0.39, 0.29) is 23.8 Å². The molecule has 6 nitrogen and oxygen atoms in total. The van der Waals surface area contributed by atoms with Crippen LogP contribution in [-0.2, 0) is 11.2 Å². The molecule has 0 spiro atoms. The zero-order valence-electron chi connectivity index (χ0n) is 21.1. The van der Waals surface area contributed by atoms with Crippen LogP contribution >= 0.6 is 0 Å². The van der Waals surface area contributed by atoms with E-state index < -0.39 is 6.10 Å². The Morgan fingerprint density at radius 3 is 2.50 bits per heavy atom. The molecule has 1 amide bonds. The fraction of sp³-hybridized carbons (Fsp3) is 0.821. The molecule has 1 aromatic rings. The van der Waals surface area contributed by atoms with E-state index >= 15 is 0 Å². The first-order valence-electron chi connectivity index (χ1n) is 13.8. The molecule has 1 heterocycles. The van der Waals surface area contributed by atoms with E-state index in [1.165, 1.54) is 12.8 Å². The molecular formula is C28H45N3O3. The summed E-state index contributed by atoms with van der Waals surface area (Å²) < 4.78 is 0. The molecule has 3 aliphatic rings. The number of nitrogens with one attached hydrogen (secondary N) is 1. The summed E-state index contributed by atoms with van der Waals surface area (Å²) in [6.07, 6.45) is 14.8. The number of amides is 1. The lowest BCUT2D eigenvalue weighted by molar-refractivity contribution is -0.121. The van der Waals surface area contributed by atoms with Gasteiger partial charge in [-0.3, -0.25) is 4.79 Å². The summed E-state index contributed by atoms with van der Waals surface area (Å²) >= 11 is 0. The van der Waals surface area contributed by atoms with E-state index in [4.69, 9.17) is 0 Å². The number of aliphatic hydroxyl groups excluding tert-OH is 2. The smallest absolute Gasteiger partial charge is 0.220 e. The van der Waals surface area contributed by atoms with Crippen molar-refractivity contribution >= 4 is 5.91 Å².